The van der Waals surface area contributed by atoms with Crippen molar-refractivity contribution in [1.82, 2.24) is 9.78 Å². The second-order valence-electron chi connectivity index (χ2n) is 3.43. The van der Waals surface area contributed by atoms with Gasteiger partial charge in [0.1, 0.15) is 22.9 Å². The molecule has 1 aromatic carbocycles. The Bertz CT molecular complexity index is 589. The predicted octanol–water partition coefficient (Wildman–Crippen LogP) is 2.84. The van der Waals surface area contributed by atoms with Crippen molar-refractivity contribution in [2.24, 2.45) is 0 Å². The van der Waals surface area contributed by atoms with Crippen LogP contribution < -0.4 is 0 Å². The van der Waals surface area contributed by atoms with Gasteiger partial charge in [0.15, 0.2) is 6.29 Å². The van der Waals surface area contributed by atoms with Crippen molar-refractivity contribution < 1.29 is 22.4 Å². The summed E-state index contributed by atoms with van der Waals surface area (Å²) in [5.41, 5.74) is -1.97. The Labute approximate surface area is 98.6 Å². The van der Waals surface area contributed by atoms with E-state index in [1.807, 2.05) is 0 Å². The Morgan fingerprint density at radius 1 is 1.22 bits per heavy atom. The van der Waals surface area contributed by atoms with E-state index >= 15 is 0 Å². The fourth-order valence-corrected chi connectivity index (χ4v) is 1.47. The van der Waals surface area contributed by atoms with Gasteiger partial charge in [0.2, 0.25) is 0 Å². The van der Waals surface area contributed by atoms with Crippen molar-refractivity contribution in [2.75, 3.05) is 0 Å². The Morgan fingerprint density at radius 2 is 1.89 bits per heavy atom. The summed E-state index contributed by atoms with van der Waals surface area (Å²) in [6.07, 6.45) is -4.55. The summed E-state index contributed by atoms with van der Waals surface area (Å²) in [7, 11) is 0. The van der Waals surface area contributed by atoms with Crippen LogP contribution in [0.25, 0.3) is 5.69 Å². The van der Waals surface area contributed by atoms with Gasteiger partial charge in [-0.15, -0.1) is 0 Å². The summed E-state index contributed by atoms with van der Waals surface area (Å²) in [4.78, 5) is 10.5. The third-order valence-corrected chi connectivity index (χ3v) is 2.22. The Morgan fingerprint density at radius 3 is 2.44 bits per heavy atom. The van der Waals surface area contributed by atoms with E-state index in [9.17, 15) is 22.4 Å². The van der Waals surface area contributed by atoms with Gasteiger partial charge in [0.05, 0.1) is 0 Å². The van der Waals surface area contributed by atoms with Crippen LogP contribution in [-0.2, 0) is 6.18 Å². The highest BCUT2D eigenvalue weighted by Gasteiger charge is 2.36. The summed E-state index contributed by atoms with van der Waals surface area (Å²) in [6, 6.07) is 5.44. The molecule has 2 aromatic rings. The first-order valence-corrected chi connectivity index (χ1v) is 4.81. The van der Waals surface area contributed by atoms with Gasteiger partial charge in [0.25, 0.3) is 0 Å². The van der Waals surface area contributed by atoms with E-state index in [0.717, 1.165) is 12.1 Å². The largest absolute Gasteiger partial charge is 0.433 e. The van der Waals surface area contributed by atoms with E-state index in [2.05, 4.69) is 5.10 Å². The second-order valence-corrected chi connectivity index (χ2v) is 3.43. The molecule has 94 valence electrons. The minimum atomic E-state index is -4.73. The number of aromatic nitrogens is 2. The summed E-state index contributed by atoms with van der Waals surface area (Å²) in [6.45, 7) is 0. The van der Waals surface area contributed by atoms with Crippen molar-refractivity contribution in [2.45, 2.75) is 6.18 Å². The van der Waals surface area contributed by atoms with E-state index in [1.54, 1.807) is 0 Å². The molecule has 1 aromatic heterocycles. The molecule has 0 aliphatic rings. The average Bonchev–Trinajstić information content (AvgIpc) is 2.73. The first-order chi connectivity index (χ1) is 8.43. The smallest absolute Gasteiger partial charge is 0.296 e. The minimum absolute atomic E-state index is 0.173. The Hall–Kier alpha value is -2.18. The molecule has 0 saturated heterocycles. The zero-order chi connectivity index (χ0) is 13.3. The average molecular weight is 258 g/mol. The van der Waals surface area contributed by atoms with Gasteiger partial charge in [-0.1, -0.05) is 12.1 Å². The number of carbonyl (C=O) groups is 1. The number of hydrogen-bond donors (Lipinski definition) is 0. The van der Waals surface area contributed by atoms with E-state index in [1.165, 1.54) is 12.1 Å². The number of halogens is 4. The second kappa shape index (κ2) is 4.25. The molecule has 18 heavy (non-hydrogen) atoms. The number of rotatable bonds is 2. The zero-order valence-electron chi connectivity index (χ0n) is 8.78. The SMILES string of the molecule is O=Cc1cc(C(F)(F)F)n(-c2ccccc2F)n1. The number of para-hydroxylation sites is 1. The molecule has 0 N–H and O–H groups in total. The number of nitrogens with zero attached hydrogens (tertiary/aromatic N) is 2. The van der Waals surface area contributed by atoms with Crippen molar-refractivity contribution in [1.29, 1.82) is 0 Å². The molecule has 0 bridgehead atoms. The maximum Gasteiger partial charge on any atom is 0.433 e. The number of hydrogen-bond acceptors (Lipinski definition) is 2. The van der Waals surface area contributed by atoms with Crippen LogP contribution in [0.15, 0.2) is 30.3 Å². The van der Waals surface area contributed by atoms with Crippen LogP contribution in [0.1, 0.15) is 16.2 Å². The van der Waals surface area contributed by atoms with Crippen LogP contribution in [0, 0.1) is 5.82 Å². The zero-order valence-corrected chi connectivity index (χ0v) is 8.78. The molecule has 2 rings (SSSR count). The summed E-state index contributed by atoms with van der Waals surface area (Å²) in [5, 5.41) is 3.41. The monoisotopic (exact) mass is 258 g/mol. The molecule has 0 atom stereocenters. The highest BCUT2D eigenvalue weighted by atomic mass is 19.4. The molecule has 0 radical (unpaired) electrons. The third-order valence-electron chi connectivity index (χ3n) is 2.22. The van der Waals surface area contributed by atoms with Gasteiger partial charge in [-0.3, -0.25) is 4.79 Å². The molecule has 1 heterocycles. The van der Waals surface area contributed by atoms with Crippen molar-refractivity contribution in [3.8, 4) is 5.69 Å². The lowest BCUT2D eigenvalue weighted by Gasteiger charge is -2.10. The number of aldehydes is 1. The lowest BCUT2D eigenvalue weighted by Crippen LogP contribution is -2.14. The maximum absolute atomic E-state index is 13.4. The Kier molecular flexibility index (Phi) is 2.90. The van der Waals surface area contributed by atoms with Crippen LogP contribution in [0.3, 0.4) is 0 Å². The molecule has 0 aliphatic carbocycles. The van der Waals surface area contributed by atoms with Crippen molar-refractivity contribution in [3.05, 3.63) is 47.5 Å². The van der Waals surface area contributed by atoms with Crippen LogP contribution in [-0.4, -0.2) is 16.1 Å². The molecule has 0 fully saturated rings. The maximum atomic E-state index is 13.4. The summed E-state index contributed by atoms with van der Waals surface area (Å²) >= 11 is 0. The fraction of sp³-hybridized carbons (Fsp3) is 0.0909. The van der Waals surface area contributed by atoms with E-state index < -0.39 is 23.4 Å². The Balaban J connectivity index is 2.67. The first kappa shape index (κ1) is 12.3. The highest BCUT2D eigenvalue weighted by molar-refractivity contribution is 5.72. The van der Waals surface area contributed by atoms with Gasteiger partial charge >= 0.3 is 6.18 Å². The van der Waals surface area contributed by atoms with Gasteiger partial charge in [-0.25, -0.2) is 9.07 Å². The van der Waals surface area contributed by atoms with Crippen molar-refractivity contribution in [3.63, 3.8) is 0 Å². The fourth-order valence-electron chi connectivity index (χ4n) is 1.47. The molecule has 0 saturated carbocycles. The normalized spacial score (nSPS) is 11.6. The van der Waals surface area contributed by atoms with Crippen LogP contribution >= 0.6 is 0 Å². The standard InChI is InChI=1S/C11H6F4N2O/c12-8-3-1-2-4-9(8)17-10(11(13,14)15)5-7(6-18)16-17/h1-6H. The molecule has 0 unspecified atom stereocenters. The lowest BCUT2D eigenvalue weighted by atomic mass is 10.3. The third kappa shape index (κ3) is 2.11. The predicted molar refractivity (Wildman–Crippen MR) is 53.9 cm³/mol. The van der Waals surface area contributed by atoms with Gasteiger partial charge in [0, 0.05) is 0 Å². The quantitative estimate of drug-likeness (QED) is 0.613. The van der Waals surface area contributed by atoms with Crippen LogP contribution in [0.4, 0.5) is 17.6 Å². The van der Waals surface area contributed by atoms with Gasteiger partial charge in [-0.2, -0.15) is 18.3 Å². The first-order valence-electron chi connectivity index (χ1n) is 4.81. The number of alkyl halides is 3. The lowest BCUT2D eigenvalue weighted by molar-refractivity contribution is -0.142. The molecule has 0 spiro atoms. The topological polar surface area (TPSA) is 34.9 Å². The van der Waals surface area contributed by atoms with E-state index in [0.29, 0.717) is 10.7 Å². The van der Waals surface area contributed by atoms with Gasteiger partial charge < -0.3 is 0 Å². The molecular formula is C11H6F4N2O. The molecular weight excluding hydrogens is 252 g/mol. The summed E-state index contributed by atoms with van der Waals surface area (Å²) in [5.74, 6) is -0.858. The van der Waals surface area contributed by atoms with Crippen LogP contribution in [0.5, 0.6) is 0 Å². The molecule has 0 aliphatic heterocycles. The van der Waals surface area contributed by atoms with E-state index in [4.69, 9.17) is 0 Å². The van der Waals surface area contributed by atoms with Gasteiger partial charge in [-0.05, 0) is 18.2 Å². The van der Waals surface area contributed by atoms with Crippen molar-refractivity contribution >= 4 is 6.29 Å². The minimum Gasteiger partial charge on any atom is -0.296 e. The number of carbonyl (C=O) groups excluding carboxylic acids is 1. The van der Waals surface area contributed by atoms with Crippen LogP contribution in [0.2, 0.25) is 0 Å². The molecule has 3 nitrogen and oxygen atoms in total. The molecule has 0 amide bonds. The molecule has 7 heteroatoms. The summed E-state index contributed by atoms with van der Waals surface area (Å²) < 4.78 is 52.0. The highest BCUT2D eigenvalue weighted by Crippen LogP contribution is 2.31. The van der Waals surface area contributed by atoms with E-state index in [-0.39, 0.29) is 12.0 Å². The number of benzene rings is 1.